The first-order chi connectivity index (χ1) is 10.6. The van der Waals surface area contributed by atoms with Gasteiger partial charge in [0.05, 0.1) is 0 Å². The molecule has 0 atom stereocenters. The van der Waals surface area contributed by atoms with E-state index in [4.69, 9.17) is 10.2 Å². The lowest BCUT2D eigenvalue weighted by Crippen LogP contribution is -2.02. The van der Waals surface area contributed by atoms with Gasteiger partial charge < -0.3 is 19.7 Å². The molecular weight excluding hydrogens is 303 g/mol. The fourth-order valence-corrected chi connectivity index (χ4v) is 1.18. The van der Waals surface area contributed by atoms with Crippen LogP contribution in [0.5, 0.6) is 11.5 Å². The van der Waals surface area contributed by atoms with Gasteiger partial charge in [0.2, 0.25) is 0 Å². The number of hydrogen-bond acceptors (Lipinski definition) is 4. The molecule has 7 heteroatoms. The number of carbonyl (C=O) groups is 2. The fraction of sp³-hybridized carbons (Fsp3) is 0.0667. The molecule has 6 nitrogen and oxygen atoms in total. The van der Waals surface area contributed by atoms with Crippen LogP contribution in [0.2, 0.25) is 5.79 Å². The minimum absolute atomic E-state index is 0.343. The van der Waals surface area contributed by atoms with E-state index in [1.165, 1.54) is 0 Å². The summed E-state index contributed by atoms with van der Waals surface area (Å²) >= 11 is 2.42. The van der Waals surface area contributed by atoms with Crippen molar-refractivity contribution in [2.45, 2.75) is 5.79 Å². The summed E-state index contributed by atoms with van der Waals surface area (Å²) in [4.78, 5) is 19.9. The highest BCUT2D eigenvalue weighted by atomic mass is 27.0. The normalized spacial score (nSPS) is 8.23. The van der Waals surface area contributed by atoms with Crippen molar-refractivity contribution in [3.8, 4) is 11.5 Å². The summed E-state index contributed by atoms with van der Waals surface area (Å²) in [5, 5.41) is 16.3. The van der Waals surface area contributed by atoms with Gasteiger partial charge in [0.25, 0.3) is 0 Å². The summed E-state index contributed by atoms with van der Waals surface area (Å²) < 4.78 is 8.66. The molecule has 114 valence electrons. The molecule has 0 amide bonds. The molecule has 0 aliphatic heterocycles. The number of ether oxygens (including phenoxy) is 2. The van der Waals surface area contributed by atoms with Gasteiger partial charge in [0.1, 0.15) is 27.8 Å². The van der Waals surface area contributed by atoms with Crippen LogP contribution in [0.4, 0.5) is 9.59 Å². The van der Waals surface area contributed by atoms with Crippen LogP contribution < -0.4 is 9.47 Å². The van der Waals surface area contributed by atoms with Crippen LogP contribution in [-0.4, -0.2) is 38.8 Å². The highest BCUT2D eigenvalue weighted by Crippen LogP contribution is 2.08. The van der Waals surface area contributed by atoms with Crippen molar-refractivity contribution in [2.24, 2.45) is 0 Å². The second-order valence-corrected chi connectivity index (χ2v) is 3.36. The molecule has 0 aromatic heterocycles. The predicted molar refractivity (Wildman–Crippen MR) is 81.8 cm³/mol. The highest BCUT2D eigenvalue weighted by Gasteiger charge is 1.97. The maximum atomic E-state index is 9.95. The van der Waals surface area contributed by atoms with E-state index in [0.29, 0.717) is 11.5 Å². The minimum atomic E-state index is -1.29. The molecule has 2 radical (unpaired) electrons. The second-order valence-electron chi connectivity index (χ2n) is 3.36. The van der Waals surface area contributed by atoms with Crippen LogP contribution in [0.25, 0.3) is 0 Å². The average Bonchev–Trinajstić information content (AvgIpc) is 2.51. The predicted octanol–water partition coefficient (Wildman–Crippen LogP) is 3.69. The molecule has 0 aliphatic carbocycles. The summed E-state index contributed by atoms with van der Waals surface area (Å²) in [6.07, 6.45) is -2.57. The molecule has 2 aromatic rings. The van der Waals surface area contributed by atoms with E-state index in [2.05, 4.69) is 25.8 Å². The largest absolute Gasteiger partial charge is 0.511 e. The summed E-state index contributed by atoms with van der Waals surface area (Å²) in [5.74, 6) is 2.60. The van der Waals surface area contributed by atoms with E-state index in [0.717, 1.165) is 0 Å². The van der Waals surface area contributed by atoms with Crippen molar-refractivity contribution in [3.63, 3.8) is 0 Å². The van der Waals surface area contributed by atoms with Crippen LogP contribution in [-0.2, 0) is 0 Å². The molecule has 2 rings (SSSR count). The number of carboxylic acid groups (broad SMARTS) is 2. The summed E-state index contributed by atoms with van der Waals surface area (Å²) in [5.41, 5.74) is 0. The third-order valence-corrected chi connectivity index (χ3v) is 1.90. The Morgan fingerprint density at radius 3 is 1.23 bits per heavy atom. The zero-order chi connectivity index (χ0) is 16.8. The molecule has 0 saturated heterocycles. The molecule has 2 N–H and O–H groups in total. The van der Waals surface area contributed by atoms with Gasteiger partial charge in [-0.05, 0) is 24.3 Å². The van der Waals surface area contributed by atoms with Crippen molar-refractivity contribution in [2.75, 3.05) is 0 Å². The van der Waals surface area contributed by atoms with Gasteiger partial charge in [0.15, 0.2) is 0 Å². The molecule has 0 unspecified atom stereocenters. The van der Waals surface area contributed by atoms with Crippen molar-refractivity contribution >= 4 is 28.6 Å². The molecule has 0 aliphatic rings. The maximum Gasteiger partial charge on any atom is 0.511 e. The van der Waals surface area contributed by atoms with E-state index >= 15 is 0 Å². The molecule has 0 fully saturated rings. The quantitative estimate of drug-likeness (QED) is 0.498. The average molecular weight is 318 g/mol. The lowest BCUT2D eigenvalue weighted by Gasteiger charge is -1.95. The number of rotatable bonds is 2. The zero-order valence-corrected chi connectivity index (χ0v) is 13.0. The summed E-state index contributed by atoms with van der Waals surface area (Å²) in [7, 11) is 0. The van der Waals surface area contributed by atoms with Gasteiger partial charge in [-0.3, -0.25) is 0 Å². The van der Waals surface area contributed by atoms with Crippen LogP contribution in [0.15, 0.2) is 60.7 Å². The van der Waals surface area contributed by atoms with Gasteiger partial charge in [-0.25, -0.2) is 9.59 Å². The monoisotopic (exact) mass is 318 g/mol. The molecular formula is C15H15AlO6. The van der Waals surface area contributed by atoms with Crippen LogP contribution in [0.3, 0.4) is 0 Å². The molecule has 22 heavy (non-hydrogen) atoms. The Labute approximate surface area is 136 Å². The standard InChI is InChI=1S/2C7H6O3.CH3.Al/c2*8-7(9)10-6-4-2-1-3-5-6;;/h2*1-5H,(H,8,9);1H3;. The van der Waals surface area contributed by atoms with Crippen molar-refractivity contribution in [1.82, 2.24) is 0 Å². The van der Waals surface area contributed by atoms with Gasteiger partial charge in [-0.2, -0.15) is 0 Å². The van der Waals surface area contributed by atoms with E-state index in [1.54, 1.807) is 60.7 Å². The second kappa shape index (κ2) is 12.3. The molecule has 0 bridgehead atoms. The smallest absolute Gasteiger partial charge is 0.449 e. The number of hydrogen-bond donors (Lipinski definition) is 2. The Kier molecular flexibility index (Phi) is 10.9. The van der Waals surface area contributed by atoms with E-state index in [-0.39, 0.29) is 0 Å². The Morgan fingerprint density at radius 2 is 1.00 bits per heavy atom. The Bertz CT molecular complexity index is 493. The number of benzene rings is 2. The van der Waals surface area contributed by atoms with Crippen LogP contribution >= 0.6 is 0 Å². The first-order valence-electron chi connectivity index (χ1n) is 6.07. The first-order valence-corrected chi connectivity index (χ1v) is 7.23. The summed E-state index contributed by atoms with van der Waals surface area (Å²) in [6, 6.07) is 16.7. The van der Waals surface area contributed by atoms with E-state index in [9.17, 15) is 9.59 Å². The highest BCUT2D eigenvalue weighted by molar-refractivity contribution is 6.05. The van der Waals surface area contributed by atoms with E-state index < -0.39 is 12.3 Å². The van der Waals surface area contributed by atoms with Crippen LogP contribution in [0.1, 0.15) is 0 Å². The van der Waals surface area contributed by atoms with Gasteiger partial charge in [0, 0.05) is 0 Å². The lowest BCUT2D eigenvalue weighted by atomic mass is 10.3. The van der Waals surface area contributed by atoms with Gasteiger partial charge in [-0.1, -0.05) is 36.4 Å². The molecule has 0 saturated carbocycles. The Balaban J connectivity index is 0.000000360. The number of para-hydroxylation sites is 2. The van der Waals surface area contributed by atoms with Gasteiger partial charge in [-0.15, -0.1) is 5.79 Å². The fourth-order valence-electron chi connectivity index (χ4n) is 1.18. The minimum Gasteiger partial charge on any atom is -0.449 e. The third-order valence-electron chi connectivity index (χ3n) is 1.90. The van der Waals surface area contributed by atoms with E-state index in [1.807, 2.05) is 5.79 Å². The summed E-state index contributed by atoms with van der Waals surface area (Å²) in [6.45, 7) is 0. The van der Waals surface area contributed by atoms with Gasteiger partial charge >= 0.3 is 12.3 Å². The molecule has 0 spiro atoms. The Morgan fingerprint density at radius 1 is 0.727 bits per heavy atom. The molecule has 0 heterocycles. The zero-order valence-electron chi connectivity index (χ0n) is 11.9. The Hall–Kier alpha value is -2.49. The maximum absolute atomic E-state index is 9.95. The topological polar surface area (TPSA) is 93.1 Å². The van der Waals surface area contributed by atoms with Crippen molar-refractivity contribution in [1.29, 1.82) is 0 Å². The third kappa shape index (κ3) is 10.3. The van der Waals surface area contributed by atoms with Crippen molar-refractivity contribution in [3.05, 3.63) is 60.7 Å². The SMILES string of the molecule is O=C(O)Oc1ccccc1.O=C(O)Oc1ccccc1.[CH3][Al]. The molecule has 2 aromatic carbocycles. The van der Waals surface area contributed by atoms with Crippen LogP contribution in [0, 0.1) is 0 Å². The van der Waals surface area contributed by atoms with Crippen molar-refractivity contribution < 1.29 is 29.3 Å². The lowest BCUT2D eigenvalue weighted by molar-refractivity contribution is 0.143. The first kappa shape index (κ1) is 19.5.